The van der Waals surface area contributed by atoms with Gasteiger partial charge in [0.1, 0.15) is 5.75 Å². The Bertz CT molecular complexity index is 1100. The predicted molar refractivity (Wildman–Crippen MR) is 101 cm³/mol. The third kappa shape index (κ3) is 2.94. The molecular weight excluding hydrogens is 366 g/mol. The third-order valence-corrected chi connectivity index (χ3v) is 6.66. The Morgan fingerprint density at radius 2 is 1.89 bits per heavy atom. The quantitative estimate of drug-likeness (QED) is 0.744. The fourth-order valence-electron chi connectivity index (χ4n) is 3.45. The molecule has 2 aromatic heterocycles. The van der Waals surface area contributed by atoms with Crippen molar-refractivity contribution >= 4 is 20.9 Å². The van der Waals surface area contributed by atoms with Crippen LogP contribution in [0.4, 0.5) is 0 Å². The topological polar surface area (TPSA) is 84.7 Å². The SMILES string of the molecule is CCOc1ccc(S(=O)(=O)N2CCn3c(O)c4ccc(C)nc4c3C2)cc1. The fraction of sp³-hybridized carbons (Fsp3) is 0.316. The normalized spacial score (nSPS) is 15.0. The van der Waals surface area contributed by atoms with E-state index in [2.05, 4.69) is 4.98 Å². The highest BCUT2D eigenvalue weighted by atomic mass is 32.2. The Hall–Kier alpha value is -2.58. The first-order chi connectivity index (χ1) is 12.9. The molecule has 0 bridgehead atoms. The minimum Gasteiger partial charge on any atom is -0.494 e. The van der Waals surface area contributed by atoms with E-state index in [0.29, 0.717) is 35.5 Å². The van der Waals surface area contributed by atoms with Gasteiger partial charge < -0.3 is 14.4 Å². The fourth-order valence-corrected chi connectivity index (χ4v) is 4.84. The van der Waals surface area contributed by atoms with Crippen molar-refractivity contribution in [1.29, 1.82) is 0 Å². The zero-order chi connectivity index (χ0) is 19.2. The van der Waals surface area contributed by atoms with E-state index in [4.69, 9.17) is 4.74 Å². The Morgan fingerprint density at radius 3 is 2.59 bits per heavy atom. The second kappa shape index (κ2) is 6.54. The Kier molecular flexibility index (Phi) is 4.32. The molecule has 142 valence electrons. The molecule has 8 heteroatoms. The summed E-state index contributed by atoms with van der Waals surface area (Å²) >= 11 is 0. The lowest BCUT2D eigenvalue weighted by atomic mass is 10.2. The highest BCUT2D eigenvalue weighted by Gasteiger charge is 2.31. The molecule has 0 spiro atoms. The molecule has 1 aliphatic heterocycles. The number of sulfonamides is 1. The van der Waals surface area contributed by atoms with Crippen LogP contribution >= 0.6 is 0 Å². The molecule has 27 heavy (non-hydrogen) atoms. The van der Waals surface area contributed by atoms with Crippen LogP contribution in [0.5, 0.6) is 11.6 Å². The molecule has 0 atom stereocenters. The lowest BCUT2D eigenvalue weighted by Gasteiger charge is -2.28. The minimum atomic E-state index is -3.65. The zero-order valence-electron chi connectivity index (χ0n) is 15.2. The van der Waals surface area contributed by atoms with Crippen LogP contribution in [0.15, 0.2) is 41.3 Å². The van der Waals surface area contributed by atoms with Gasteiger partial charge in [-0.15, -0.1) is 0 Å². The van der Waals surface area contributed by atoms with Gasteiger partial charge in [-0.3, -0.25) is 4.98 Å². The standard InChI is InChI=1S/C19H21N3O4S/c1-3-26-14-5-7-15(8-6-14)27(24,25)21-10-11-22-17(12-21)18-16(19(22)23)9-4-13(2)20-18/h4-9,23H,3,10-12H2,1-2H3. The van der Waals surface area contributed by atoms with Gasteiger partial charge in [-0.05, 0) is 50.2 Å². The van der Waals surface area contributed by atoms with Crippen LogP contribution in [0.2, 0.25) is 0 Å². The molecule has 0 unspecified atom stereocenters. The number of hydrogen-bond donors (Lipinski definition) is 1. The van der Waals surface area contributed by atoms with E-state index in [1.165, 1.54) is 4.31 Å². The summed E-state index contributed by atoms with van der Waals surface area (Å²) in [4.78, 5) is 4.74. The molecule has 0 fully saturated rings. The third-order valence-electron chi connectivity index (χ3n) is 4.80. The van der Waals surface area contributed by atoms with Gasteiger partial charge in [-0.25, -0.2) is 8.42 Å². The Labute approximate surface area is 157 Å². The lowest BCUT2D eigenvalue weighted by Crippen LogP contribution is -2.38. The van der Waals surface area contributed by atoms with Gasteiger partial charge >= 0.3 is 0 Å². The van der Waals surface area contributed by atoms with Crippen LogP contribution < -0.4 is 4.74 Å². The largest absolute Gasteiger partial charge is 0.494 e. The van der Waals surface area contributed by atoms with E-state index < -0.39 is 10.0 Å². The summed E-state index contributed by atoms with van der Waals surface area (Å²) in [5, 5.41) is 11.1. The number of benzene rings is 1. The van der Waals surface area contributed by atoms with Gasteiger partial charge in [0.2, 0.25) is 15.9 Å². The summed E-state index contributed by atoms with van der Waals surface area (Å²) in [7, 11) is -3.65. The number of fused-ring (bicyclic) bond motifs is 3. The van der Waals surface area contributed by atoms with E-state index in [1.54, 1.807) is 28.8 Å². The van der Waals surface area contributed by atoms with Gasteiger partial charge in [-0.2, -0.15) is 4.31 Å². The average molecular weight is 387 g/mol. The van der Waals surface area contributed by atoms with Crippen molar-refractivity contribution in [2.24, 2.45) is 0 Å². The molecule has 1 aliphatic rings. The summed E-state index contributed by atoms with van der Waals surface area (Å²) in [6, 6.07) is 10.1. The highest BCUT2D eigenvalue weighted by molar-refractivity contribution is 7.89. The van der Waals surface area contributed by atoms with Crippen molar-refractivity contribution in [2.45, 2.75) is 31.8 Å². The maximum absolute atomic E-state index is 13.1. The van der Waals surface area contributed by atoms with Crippen LogP contribution in [-0.4, -0.2) is 40.5 Å². The number of aromatic nitrogens is 2. The van der Waals surface area contributed by atoms with E-state index in [1.807, 2.05) is 26.0 Å². The van der Waals surface area contributed by atoms with Crippen molar-refractivity contribution < 1.29 is 18.3 Å². The van der Waals surface area contributed by atoms with E-state index in [0.717, 1.165) is 5.69 Å². The van der Waals surface area contributed by atoms with E-state index in [-0.39, 0.29) is 23.9 Å². The van der Waals surface area contributed by atoms with Gasteiger partial charge in [0, 0.05) is 18.8 Å². The van der Waals surface area contributed by atoms with Gasteiger partial charge in [0.15, 0.2) is 0 Å². The second-order valence-corrected chi connectivity index (χ2v) is 8.45. The Morgan fingerprint density at radius 1 is 1.15 bits per heavy atom. The molecule has 0 saturated carbocycles. The summed E-state index contributed by atoms with van der Waals surface area (Å²) in [5.41, 5.74) is 2.19. The van der Waals surface area contributed by atoms with Crippen molar-refractivity contribution in [3.8, 4) is 11.6 Å². The molecule has 7 nitrogen and oxygen atoms in total. The average Bonchev–Trinajstić information content (AvgIpc) is 2.94. The van der Waals surface area contributed by atoms with Crippen molar-refractivity contribution in [3.05, 3.63) is 47.8 Å². The molecule has 0 aliphatic carbocycles. The molecule has 4 rings (SSSR count). The summed E-state index contributed by atoms with van der Waals surface area (Å²) in [6.45, 7) is 5.12. The molecule has 3 aromatic rings. The van der Waals surface area contributed by atoms with Crippen LogP contribution in [0.1, 0.15) is 18.3 Å². The number of rotatable bonds is 4. The lowest BCUT2D eigenvalue weighted by molar-refractivity contribution is 0.317. The molecule has 0 amide bonds. The zero-order valence-corrected chi connectivity index (χ0v) is 16.0. The first kappa shape index (κ1) is 17.8. The van der Waals surface area contributed by atoms with Gasteiger partial charge in [-0.1, -0.05) is 0 Å². The van der Waals surface area contributed by atoms with Gasteiger partial charge in [0.05, 0.1) is 34.6 Å². The number of pyridine rings is 1. The number of ether oxygens (including phenoxy) is 1. The smallest absolute Gasteiger partial charge is 0.243 e. The number of nitrogens with zero attached hydrogens (tertiary/aromatic N) is 3. The summed E-state index contributed by atoms with van der Waals surface area (Å²) in [6.07, 6.45) is 0. The van der Waals surface area contributed by atoms with Crippen LogP contribution in [0.3, 0.4) is 0 Å². The van der Waals surface area contributed by atoms with Crippen LogP contribution in [0, 0.1) is 6.92 Å². The van der Waals surface area contributed by atoms with Crippen LogP contribution in [-0.2, 0) is 23.1 Å². The van der Waals surface area contributed by atoms with Crippen LogP contribution in [0.25, 0.3) is 10.9 Å². The number of aromatic hydroxyl groups is 1. The molecular formula is C19H21N3O4S. The summed E-state index contributed by atoms with van der Waals surface area (Å²) < 4.78 is 34.7. The first-order valence-corrected chi connectivity index (χ1v) is 10.3. The molecule has 1 aromatic carbocycles. The van der Waals surface area contributed by atoms with Crippen molar-refractivity contribution in [2.75, 3.05) is 13.2 Å². The van der Waals surface area contributed by atoms with E-state index in [9.17, 15) is 13.5 Å². The Balaban J connectivity index is 1.70. The van der Waals surface area contributed by atoms with Gasteiger partial charge in [0.25, 0.3) is 0 Å². The molecule has 1 N–H and O–H groups in total. The predicted octanol–water partition coefficient (Wildman–Crippen LogP) is 2.65. The first-order valence-electron chi connectivity index (χ1n) is 8.82. The maximum Gasteiger partial charge on any atom is 0.243 e. The molecule has 0 radical (unpaired) electrons. The molecule has 0 saturated heterocycles. The highest BCUT2D eigenvalue weighted by Crippen LogP contribution is 2.34. The maximum atomic E-state index is 13.1. The molecule has 3 heterocycles. The second-order valence-electron chi connectivity index (χ2n) is 6.51. The number of hydrogen-bond acceptors (Lipinski definition) is 5. The minimum absolute atomic E-state index is 0.144. The summed E-state index contributed by atoms with van der Waals surface area (Å²) in [5.74, 6) is 0.783. The number of aryl methyl sites for hydroxylation is 1. The van der Waals surface area contributed by atoms with E-state index >= 15 is 0 Å². The monoisotopic (exact) mass is 387 g/mol. The van der Waals surface area contributed by atoms with Crippen molar-refractivity contribution in [1.82, 2.24) is 13.9 Å². The van der Waals surface area contributed by atoms with Crippen molar-refractivity contribution in [3.63, 3.8) is 0 Å².